The molecule has 100 valence electrons. The van der Waals surface area contributed by atoms with E-state index in [0.717, 1.165) is 30.9 Å². The second kappa shape index (κ2) is 5.48. The van der Waals surface area contributed by atoms with Gasteiger partial charge in [0.2, 0.25) is 7.37 Å². The van der Waals surface area contributed by atoms with Gasteiger partial charge in [-0.05, 0) is 42.4 Å². The van der Waals surface area contributed by atoms with Crippen molar-refractivity contribution in [3.63, 3.8) is 0 Å². The molecule has 0 N–H and O–H groups in total. The summed E-state index contributed by atoms with van der Waals surface area (Å²) in [5.74, 6) is 1.87. The van der Waals surface area contributed by atoms with E-state index in [4.69, 9.17) is 4.52 Å². The standard InChI is InChI=1S/C15H23O2P/c1-4-13(3)14-5-7-15(8-6-14)17-18(16)10-9-12(2)11-18/h5-8,12-13H,4,9-11H2,1-3H3/t12-,13-,18+/m0/s1. The van der Waals surface area contributed by atoms with Crippen LogP contribution >= 0.6 is 7.37 Å². The van der Waals surface area contributed by atoms with Gasteiger partial charge in [0, 0.05) is 12.3 Å². The number of hydrogen-bond donors (Lipinski definition) is 0. The first kappa shape index (κ1) is 13.7. The third-order valence-corrected chi connectivity index (χ3v) is 6.55. The van der Waals surface area contributed by atoms with Crippen LogP contribution < -0.4 is 4.52 Å². The molecule has 0 aliphatic carbocycles. The van der Waals surface area contributed by atoms with Gasteiger partial charge in [0.25, 0.3) is 0 Å². The molecule has 0 bridgehead atoms. The van der Waals surface area contributed by atoms with Crippen LogP contribution in [-0.4, -0.2) is 12.3 Å². The lowest BCUT2D eigenvalue weighted by atomic mass is 9.99. The summed E-state index contributed by atoms with van der Waals surface area (Å²) < 4.78 is 18.2. The Morgan fingerprint density at radius 1 is 1.39 bits per heavy atom. The monoisotopic (exact) mass is 266 g/mol. The van der Waals surface area contributed by atoms with Crippen molar-refractivity contribution in [2.24, 2.45) is 5.92 Å². The molecule has 1 aromatic rings. The zero-order valence-electron chi connectivity index (χ0n) is 11.6. The van der Waals surface area contributed by atoms with Crippen molar-refractivity contribution in [2.45, 2.75) is 39.5 Å². The molecule has 1 saturated heterocycles. The molecule has 0 spiro atoms. The minimum Gasteiger partial charge on any atom is -0.443 e. The molecule has 2 nitrogen and oxygen atoms in total. The van der Waals surface area contributed by atoms with Crippen LogP contribution in [0.4, 0.5) is 0 Å². The van der Waals surface area contributed by atoms with Crippen LogP contribution in [0.15, 0.2) is 24.3 Å². The molecule has 0 saturated carbocycles. The van der Waals surface area contributed by atoms with Gasteiger partial charge in [0.15, 0.2) is 0 Å². The van der Waals surface area contributed by atoms with Gasteiger partial charge < -0.3 is 4.52 Å². The summed E-state index contributed by atoms with van der Waals surface area (Å²) >= 11 is 0. The summed E-state index contributed by atoms with van der Waals surface area (Å²) in [4.78, 5) is 0. The molecule has 1 heterocycles. The fourth-order valence-corrected chi connectivity index (χ4v) is 5.26. The predicted molar refractivity (Wildman–Crippen MR) is 76.9 cm³/mol. The Bertz CT molecular complexity index is 438. The smallest absolute Gasteiger partial charge is 0.248 e. The quantitative estimate of drug-likeness (QED) is 0.725. The van der Waals surface area contributed by atoms with Crippen LogP contribution in [0.3, 0.4) is 0 Å². The second-order valence-corrected chi connectivity index (χ2v) is 8.21. The highest BCUT2D eigenvalue weighted by Gasteiger charge is 2.33. The maximum absolute atomic E-state index is 12.4. The topological polar surface area (TPSA) is 26.3 Å². The van der Waals surface area contributed by atoms with Crippen molar-refractivity contribution in [2.75, 3.05) is 12.3 Å². The Kier molecular flexibility index (Phi) is 4.17. The van der Waals surface area contributed by atoms with Gasteiger partial charge in [-0.3, -0.25) is 4.57 Å². The summed E-state index contributed by atoms with van der Waals surface area (Å²) in [6, 6.07) is 8.11. The van der Waals surface area contributed by atoms with Crippen molar-refractivity contribution in [1.82, 2.24) is 0 Å². The number of benzene rings is 1. The fraction of sp³-hybridized carbons (Fsp3) is 0.600. The largest absolute Gasteiger partial charge is 0.443 e. The molecule has 0 amide bonds. The minimum atomic E-state index is -2.39. The van der Waals surface area contributed by atoms with Crippen LogP contribution in [0.2, 0.25) is 0 Å². The lowest BCUT2D eigenvalue weighted by molar-refractivity contribution is 0.486. The van der Waals surface area contributed by atoms with Gasteiger partial charge in [-0.25, -0.2) is 0 Å². The molecule has 3 atom stereocenters. The molecule has 0 aromatic heterocycles. The summed E-state index contributed by atoms with van der Waals surface area (Å²) in [5, 5.41) is 0. The Hall–Kier alpha value is -0.750. The second-order valence-electron chi connectivity index (χ2n) is 5.58. The highest BCUT2D eigenvalue weighted by atomic mass is 31.2. The van der Waals surface area contributed by atoms with E-state index in [1.165, 1.54) is 5.56 Å². The number of hydrogen-bond acceptors (Lipinski definition) is 2. The molecule has 2 rings (SSSR count). The average molecular weight is 266 g/mol. The first-order chi connectivity index (χ1) is 8.52. The molecule has 1 aliphatic heterocycles. The van der Waals surface area contributed by atoms with Crippen molar-refractivity contribution >= 4 is 7.37 Å². The molecular weight excluding hydrogens is 243 g/mol. The van der Waals surface area contributed by atoms with Gasteiger partial charge in [0.05, 0.1) is 0 Å². The van der Waals surface area contributed by atoms with E-state index in [0.29, 0.717) is 11.8 Å². The summed E-state index contributed by atoms with van der Waals surface area (Å²) in [6.45, 7) is 6.55. The maximum atomic E-state index is 12.4. The lowest BCUT2D eigenvalue weighted by Crippen LogP contribution is -1.97. The van der Waals surface area contributed by atoms with Crippen LogP contribution in [0, 0.1) is 5.92 Å². The average Bonchev–Trinajstić information content (AvgIpc) is 2.69. The Balaban J connectivity index is 2.05. The highest BCUT2D eigenvalue weighted by molar-refractivity contribution is 7.59. The summed E-state index contributed by atoms with van der Waals surface area (Å²) in [5.41, 5.74) is 1.32. The van der Waals surface area contributed by atoms with Crippen LogP contribution in [0.5, 0.6) is 5.75 Å². The van der Waals surface area contributed by atoms with Gasteiger partial charge in [-0.15, -0.1) is 0 Å². The molecule has 1 aromatic carbocycles. The maximum Gasteiger partial charge on any atom is 0.248 e. The van der Waals surface area contributed by atoms with Crippen LogP contribution in [0.1, 0.15) is 45.1 Å². The summed E-state index contributed by atoms with van der Waals surface area (Å²) in [6.07, 6.45) is 3.64. The van der Waals surface area contributed by atoms with Gasteiger partial charge >= 0.3 is 0 Å². The van der Waals surface area contributed by atoms with Gasteiger partial charge in [-0.1, -0.05) is 32.9 Å². The van der Waals surface area contributed by atoms with Crippen molar-refractivity contribution in [3.05, 3.63) is 29.8 Å². The van der Waals surface area contributed by atoms with E-state index >= 15 is 0 Å². The molecule has 3 heteroatoms. The lowest BCUT2D eigenvalue weighted by Gasteiger charge is -2.15. The first-order valence-electron chi connectivity index (χ1n) is 6.90. The van der Waals surface area contributed by atoms with E-state index in [2.05, 4.69) is 32.9 Å². The summed E-state index contributed by atoms with van der Waals surface area (Å²) in [7, 11) is -2.39. The van der Waals surface area contributed by atoms with E-state index in [1.54, 1.807) is 0 Å². The predicted octanol–water partition coefficient (Wildman–Crippen LogP) is 4.90. The van der Waals surface area contributed by atoms with Crippen LogP contribution in [-0.2, 0) is 4.57 Å². The Morgan fingerprint density at radius 3 is 2.56 bits per heavy atom. The third-order valence-electron chi connectivity index (χ3n) is 3.89. The zero-order valence-corrected chi connectivity index (χ0v) is 12.5. The van der Waals surface area contributed by atoms with Gasteiger partial charge in [0.1, 0.15) is 5.75 Å². The molecular formula is C15H23O2P. The minimum absolute atomic E-state index is 0.537. The van der Waals surface area contributed by atoms with E-state index in [-0.39, 0.29) is 0 Å². The molecule has 18 heavy (non-hydrogen) atoms. The van der Waals surface area contributed by atoms with Crippen molar-refractivity contribution in [1.29, 1.82) is 0 Å². The van der Waals surface area contributed by atoms with Crippen LogP contribution in [0.25, 0.3) is 0 Å². The zero-order chi connectivity index (χ0) is 13.2. The third kappa shape index (κ3) is 3.17. The molecule has 1 fully saturated rings. The first-order valence-corrected chi connectivity index (χ1v) is 8.89. The molecule has 1 aliphatic rings. The Labute approximate surface area is 110 Å². The highest BCUT2D eigenvalue weighted by Crippen LogP contribution is 2.54. The number of rotatable bonds is 4. The molecule has 0 unspecified atom stereocenters. The Morgan fingerprint density at radius 2 is 2.06 bits per heavy atom. The van der Waals surface area contributed by atoms with Crippen molar-refractivity contribution < 1.29 is 9.09 Å². The van der Waals surface area contributed by atoms with Crippen molar-refractivity contribution in [3.8, 4) is 5.75 Å². The van der Waals surface area contributed by atoms with E-state index in [1.807, 2.05) is 12.1 Å². The van der Waals surface area contributed by atoms with E-state index < -0.39 is 7.37 Å². The van der Waals surface area contributed by atoms with Gasteiger partial charge in [-0.2, -0.15) is 0 Å². The molecule has 0 radical (unpaired) electrons. The fourth-order valence-electron chi connectivity index (χ4n) is 2.44. The van der Waals surface area contributed by atoms with E-state index in [9.17, 15) is 4.57 Å². The normalized spacial score (nSPS) is 29.2. The SMILES string of the molecule is CC[C@H](C)c1ccc(O[P@]2(=O)CC[C@H](C)C2)cc1.